The standard InChI is InChI=1S/C19H29N3O2/c1-15-7-9-22(10-8-15)19(24)16(2)20-11-13-21(14-12-20)17-5-3-4-6-18(17)23/h3-6,15-16,23H,7-14H2,1-2H3/t16-/m0/s1. The first kappa shape index (κ1) is 17.1. The van der Waals surface area contributed by atoms with E-state index in [2.05, 4.69) is 16.7 Å². The average molecular weight is 331 g/mol. The van der Waals surface area contributed by atoms with Crippen LogP contribution in [0.5, 0.6) is 5.75 Å². The highest BCUT2D eigenvalue weighted by Crippen LogP contribution is 2.27. The third-order valence-electron chi connectivity index (χ3n) is 5.54. The number of anilines is 1. The Balaban J connectivity index is 1.54. The summed E-state index contributed by atoms with van der Waals surface area (Å²) in [5.41, 5.74) is 0.890. The van der Waals surface area contributed by atoms with Gasteiger partial charge in [0.25, 0.3) is 0 Å². The number of carbonyl (C=O) groups excluding carboxylic acids is 1. The van der Waals surface area contributed by atoms with Gasteiger partial charge in [0.05, 0.1) is 11.7 Å². The van der Waals surface area contributed by atoms with Gasteiger partial charge < -0.3 is 14.9 Å². The van der Waals surface area contributed by atoms with Crippen LogP contribution in [0.3, 0.4) is 0 Å². The molecule has 0 spiro atoms. The van der Waals surface area contributed by atoms with E-state index < -0.39 is 0 Å². The smallest absolute Gasteiger partial charge is 0.239 e. The summed E-state index contributed by atoms with van der Waals surface area (Å²) in [6.45, 7) is 9.50. The number of rotatable bonds is 3. The minimum atomic E-state index is -0.0510. The molecule has 24 heavy (non-hydrogen) atoms. The lowest BCUT2D eigenvalue weighted by molar-refractivity contribution is -0.137. The molecule has 5 heteroatoms. The number of carbonyl (C=O) groups is 1. The number of para-hydroxylation sites is 2. The van der Waals surface area contributed by atoms with Gasteiger partial charge in [-0.3, -0.25) is 9.69 Å². The fraction of sp³-hybridized carbons (Fsp3) is 0.632. The number of hydrogen-bond acceptors (Lipinski definition) is 4. The average Bonchev–Trinajstić information content (AvgIpc) is 2.62. The van der Waals surface area contributed by atoms with Gasteiger partial charge >= 0.3 is 0 Å². The van der Waals surface area contributed by atoms with Gasteiger partial charge in [-0.15, -0.1) is 0 Å². The monoisotopic (exact) mass is 331 g/mol. The van der Waals surface area contributed by atoms with Gasteiger partial charge in [0.15, 0.2) is 0 Å². The quantitative estimate of drug-likeness (QED) is 0.922. The molecule has 0 radical (unpaired) electrons. The molecule has 0 aromatic heterocycles. The predicted octanol–water partition coefficient (Wildman–Crippen LogP) is 2.16. The molecule has 0 bridgehead atoms. The summed E-state index contributed by atoms with van der Waals surface area (Å²) >= 11 is 0. The zero-order valence-electron chi connectivity index (χ0n) is 14.8. The largest absolute Gasteiger partial charge is 0.506 e. The minimum Gasteiger partial charge on any atom is -0.506 e. The maximum atomic E-state index is 12.7. The van der Waals surface area contributed by atoms with E-state index >= 15 is 0 Å². The predicted molar refractivity (Wildman–Crippen MR) is 96.3 cm³/mol. The molecule has 132 valence electrons. The van der Waals surface area contributed by atoms with Gasteiger partial charge in [-0.05, 0) is 37.8 Å². The zero-order valence-corrected chi connectivity index (χ0v) is 14.8. The van der Waals surface area contributed by atoms with Crippen LogP contribution in [0.15, 0.2) is 24.3 Å². The van der Waals surface area contributed by atoms with E-state index in [1.54, 1.807) is 6.07 Å². The molecule has 1 N–H and O–H groups in total. The van der Waals surface area contributed by atoms with Gasteiger partial charge in [0.1, 0.15) is 5.75 Å². The number of phenolic OH excluding ortho intramolecular Hbond substituents is 1. The topological polar surface area (TPSA) is 47.0 Å². The minimum absolute atomic E-state index is 0.0510. The number of likely N-dealkylation sites (tertiary alicyclic amines) is 1. The van der Waals surface area contributed by atoms with Crippen molar-refractivity contribution in [2.45, 2.75) is 32.7 Å². The van der Waals surface area contributed by atoms with E-state index in [9.17, 15) is 9.90 Å². The molecule has 2 saturated heterocycles. The number of aromatic hydroxyl groups is 1. The van der Waals surface area contributed by atoms with E-state index in [-0.39, 0.29) is 11.9 Å². The Kier molecular flexibility index (Phi) is 5.29. The van der Waals surface area contributed by atoms with Crippen molar-refractivity contribution >= 4 is 11.6 Å². The van der Waals surface area contributed by atoms with Gasteiger partial charge in [-0.25, -0.2) is 0 Å². The molecule has 1 atom stereocenters. The summed E-state index contributed by atoms with van der Waals surface area (Å²) in [6, 6.07) is 7.42. The van der Waals surface area contributed by atoms with Gasteiger partial charge in [-0.2, -0.15) is 0 Å². The Morgan fingerprint density at radius 2 is 1.71 bits per heavy atom. The lowest BCUT2D eigenvalue weighted by atomic mass is 9.98. The number of amides is 1. The molecule has 2 aliphatic heterocycles. The van der Waals surface area contributed by atoms with Crippen molar-refractivity contribution in [2.75, 3.05) is 44.2 Å². The first-order valence-electron chi connectivity index (χ1n) is 9.12. The van der Waals surface area contributed by atoms with Crippen molar-refractivity contribution in [3.05, 3.63) is 24.3 Å². The first-order chi connectivity index (χ1) is 11.6. The molecular weight excluding hydrogens is 302 g/mol. The van der Waals surface area contributed by atoms with Crippen molar-refractivity contribution in [1.29, 1.82) is 0 Å². The highest BCUT2D eigenvalue weighted by molar-refractivity contribution is 5.81. The van der Waals surface area contributed by atoms with E-state index in [1.807, 2.05) is 30.0 Å². The third-order valence-corrected chi connectivity index (χ3v) is 5.54. The first-order valence-corrected chi connectivity index (χ1v) is 9.12. The summed E-state index contributed by atoms with van der Waals surface area (Å²) in [6.07, 6.45) is 2.25. The molecule has 0 aliphatic carbocycles. The normalized spacial score (nSPS) is 21.8. The number of benzene rings is 1. The highest BCUT2D eigenvalue weighted by Gasteiger charge is 2.30. The van der Waals surface area contributed by atoms with Crippen molar-refractivity contribution in [2.24, 2.45) is 5.92 Å². The van der Waals surface area contributed by atoms with Crippen LogP contribution in [0.4, 0.5) is 5.69 Å². The summed E-state index contributed by atoms with van der Waals surface area (Å²) in [5, 5.41) is 10.0. The fourth-order valence-electron chi connectivity index (χ4n) is 3.73. The second-order valence-electron chi connectivity index (χ2n) is 7.20. The Morgan fingerprint density at radius 3 is 2.33 bits per heavy atom. The summed E-state index contributed by atoms with van der Waals surface area (Å²) in [7, 11) is 0. The van der Waals surface area contributed by atoms with E-state index in [0.29, 0.717) is 5.75 Å². The van der Waals surface area contributed by atoms with E-state index in [4.69, 9.17) is 0 Å². The Hall–Kier alpha value is -1.75. The number of piperidine rings is 1. The molecule has 2 fully saturated rings. The van der Waals surface area contributed by atoms with Crippen molar-refractivity contribution in [3.8, 4) is 5.75 Å². The Morgan fingerprint density at radius 1 is 1.08 bits per heavy atom. The SMILES string of the molecule is CC1CCN(C(=O)[C@H](C)N2CCN(c3ccccc3O)CC2)CC1. The van der Waals surface area contributed by atoms with E-state index in [0.717, 1.165) is 63.7 Å². The van der Waals surface area contributed by atoms with Crippen LogP contribution in [0.25, 0.3) is 0 Å². The molecular formula is C19H29N3O2. The molecule has 0 unspecified atom stereocenters. The van der Waals surface area contributed by atoms with Crippen LogP contribution in [0, 0.1) is 5.92 Å². The van der Waals surface area contributed by atoms with Crippen LogP contribution in [-0.2, 0) is 4.79 Å². The number of nitrogens with zero attached hydrogens (tertiary/aromatic N) is 3. The summed E-state index contributed by atoms with van der Waals surface area (Å²) < 4.78 is 0. The molecule has 1 aromatic rings. The second-order valence-corrected chi connectivity index (χ2v) is 7.20. The van der Waals surface area contributed by atoms with Crippen LogP contribution in [-0.4, -0.2) is 66.1 Å². The summed E-state index contributed by atoms with van der Waals surface area (Å²) in [4.78, 5) is 19.3. The number of piperazine rings is 1. The van der Waals surface area contributed by atoms with Crippen LogP contribution in [0.1, 0.15) is 26.7 Å². The number of hydrogen-bond donors (Lipinski definition) is 1. The zero-order chi connectivity index (χ0) is 17.1. The highest BCUT2D eigenvalue weighted by atomic mass is 16.3. The second kappa shape index (κ2) is 7.43. The molecule has 5 nitrogen and oxygen atoms in total. The van der Waals surface area contributed by atoms with Gasteiger partial charge in [0.2, 0.25) is 5.91 Å². The van der Waals surface area contributed by atoms with Crippen molar-refractivity contribution < 1.29 is 9.90 Å². The lowest BCUT2D eigenvalue weighted by Crippen LogP contribution is -2.55. The molecule has 2 heterocycles. The maximum Gasteiger partial charge on any atom is 0.239 e. The molecule has 0 saturated carbocycles. The third kappa shape index (κ3) is 3.66. The molecule has 1 aromatic carbocycles. The van der Waals surface area contributed by atoms with Crippen molar-refractivity contribution in [1.82, 2.24) is 9.80 Å². The van der Waals surface area contributed by atoms with Gasteiger partial charge in [-0.1, -0.05) is 19.1 Å². The van der Waals surface area contributed by atoms with Crippen LogP contribution < -0.4 is 4.90 Å². The molecule has 1 amide bonds. The number of phenols is 1. The molecule has 3 rings (SSSR count). The Bertz CT molecular complexity index is 561. The maximum absolute atomic E-state index is 12.7. The van der Waals surface area contributed by atoms with Crippen molar-refractivity contribution in [3.63, 3.8) is 0 Å². The van der Waals surface area contributed by atoms with Crippen LogP contribution in [0.2, 0.25) is 0 Å². The lowest BCUT2D eigenvalue weighted by Gasteiger charge is -2.41. The van der Waals surface area contributed by atoms with Gasteiger partial charge in [0, 0.05) is 39.3 Å². The fourth-order valence-corrected chi connectivity index (χ4v) is 3.73. The van der Waals surface area contributed by atoms with Crippen LogP contribution >= 0.6 is 0 Å². The summed E-state index contributed by atoms with van der Waals surface area (Å²) in [5.74, 6) is 1.35. The Labute approximate surface area is 144 Å². The van der Waals surface area contributed by atoms with E-state index in [1.165, 1.54) is 0 Å². The molecule has 2 aliphatic rings.